The predicted molar refractivity (Wildman–Crippen MR) is 81.2 cm³/mol. The summed E-state index contributed by atoms with van der Waals surface area (Å²) in [5.41, 5.74) is 1.49. The van der Waals surface area contributed by atoms with E-state index in [2.05, 4.69) is 40.7 Å². The summed E-state index contributed by atoms with van der Waals surface area (Å²) >= 11 is 0. The first-order chi connectivity index (χ1) is 8.96. The molecule has 0 radical (unpaired) electrons. The molecule has 0 saturated carbocycles. The highest BCUT2D eigenvalue weighted by Crippen LogP contribution is 2.30. The van der Waals surface area contributed by atoms with Crippen LogP contribution in [0, 0.1) is 5.41 Å². The van der Waals surface area contributed by atoms with E-state index in [0.717, 1.165) is 44.0 Å². The molecule has 0 atom stereocenters. The van der Waals surface area contributed by atoms with Gasteiger partial charge in [0, 0.05) is 0 Å². The smallest absolute Gasteiger partial charge is 0.122 e. The van der Waals surface area contributed by atoms with E-state index in [4.69, 9.17) is 9.47 Å². The minimum absolute atomic E-state index is 0.244. The van der Waals surface area contributed by atoms with Gasteiger partial charge in [0.05, 0.1) is 13.2 Å². The molecular formula is C17H28O2. The van der Waals surface area contributed by atoms with Crippen LogP contribution < -0.4 is 9.47 Å². The average Bonchev–Trinajstić information content (AvgIpc) is 2.33. The molecule has 0 saturated heterocycles. The van der Waals surface area contributed by atoms with E-state index in [0.29, 0.717) is 0 Å². The number of rotatable bonds is 7. The molecule has 0 unspecified atom stereocenters. The van der Waals surface area contributed by atoms with Crippen LogP contribution in [0.4, 0.5) is 0 Å². The standard InChI is InChI=1S/C17H28O2/c1-6-10-18-15-8-9-16(19-11-7-2)14(12-15)13-17(3,4)5/h8-9,12H,6-7,10-11,13H2,1-5H3. The van der Waals surface area contributed by atoms with Gasteiger partial charge in [-0.05, 0) is 48.4 Å². The van der Waals surface area contributed by atoms with Crippen molar-refractivity contribution in [1.82, 2.24) is 0 Å². The van der Waals surface area contributed by atoms with Crippen molar-refractivity contribution in [2.45, 2.75) is 53.9 Å². The molecule has 0 aliphatic carbocycles. The molecule has 0 aromatic heterocycles. The molecule has 19 heavy (non-hydrogen) atoms. The van der Waals surface area contributed by atoms with E-state index < -0.39 is 0 Å². The van der Waals surface area contributed by atoms with Crippen LogP contribution in [-0.4, -0.2) is 13.2 Å². The van der Waals surface area contributed by atoms with Crippen LogP contribution in [-0.2, 0) is 6.42 Å². The maximum Gasteiger partial charge on any atom is 0.122 e. The van der Waals surface area contributed by atoms with Crippen molar-refractivity contribution in [2.24, 2.45) is 5.41 Å². The molecule has 0 bridgehead atoms. The Hall–Kier alpha value is -1.18. The summed E-state index contributed by atoms with van der Waals surface area (Å²) in [5, 5.41) is 0. The lowest BCUT2D eigenvalue weighted by atomic mass is 9.88. The maximum atomic E-state index is 5.84. The second-order valence-corrected chi connectivity index (χ2v) is 6.20. The summed E-state index contributed by atoms with van der Waals surface area (Å²) in [4.78, 5) is 0. The third-order valence-corrected chi connectivity index (χ3v) is 2.69. The number of benzene rings is 1. The fourth-order valence-electron chi connectivity index (χ4n) is 1.93. The lowest BCUT2D eigenvalue weighted by Gasteiger charge is -2.21. The Balaban J connectivity index is 2.90. The third kappa shape index (κ3) is 6.00. The van der Waals surface area contributed by atoms with Crippen molar-refractivity contribution >= 4 is 0 Å². The topological polar surface area (TPSA) is 18.5 Å². The molecule has 1 aromatic rings. The van der Waals surface area contributed by atoms with Crippen LogP contribution in [0.5, 0.6) is 11.5 Å². The van der Waals surface area contributed by atoms with Gasteiger partial charge in [0.2, 0.25) is 0 Å². The highest BCUT2D eigenvalue weighted by molar-refractivity contribution is 5.41. The molecule has 0 spiro atoms. The van der Waals surface area contributed by atoms with Crippen molar-refractivity contribution in [3.05, 3.63) is 23.8 Å². The molecule has 0 N–H and O–H groups in total. The van der Waals surface area contributed by atoms with E-state index in [1.807, 2.05) is 12.1 Å². The highest BCUT2D eigenvalue weighted by atomic mass is 16.5. The van der Waals surface area contributed by atoms with Crippen molar-refractivity contribution in [1.29, 1.82) is 0 Å². The van der Waals surface area contributed by atoms with E-state index >= 15 is 0 Å². The normalized spacial score (nSPS) is 11.4. The van der Waals surface area contributed by atoms with Crippen LogP contribution in [0.2, 0.25) is 0 Å². The lowest BCUT2D eigenvalue weighted by Crippen LogP contribution is -2.11. The van der Waals surface area contributed by atoms with Gasteiger partial charge in [-0.2, -0.15) is 0 Å². The zero-order valence-corrected chi connectivity index (χ0v) is 13.1. The number of ether oxygens (including phenoxy) is 2. The van der Waals surface area contributed by atoms with Crippen LogP contribution in [0.15, 0.2) is 18.2 Å². The van der Waals surface area contributed by atoms with Gasteiger partial charge >= 0.3 is 0 Å². The van der Waals surface area contributed by atoms with Gasteiger partial charge in [-0.1, -0.05) is 34.6 Å². The molecule has 2 heteroatoms. The first-order valence-electron chi connectivity index (χ1n) is 7.34. The molecule has 0 aliphatic rings. The van der Waals surface area contributed by atoms with Crippen LogP contribution >= 0.6 is 0 Å². The van der Waals surface area contributed by atoms with Gasteiger partial charge in [-0.15, -0.1) is 0 Å². The fourth-order valence-corrected chi connectivity index (χ4v) is 1.93. The van der Waals surface area contributed by atoms with Gasteiger partial charge in [0.15, 0.2) is 0 Å². The van der Waals surface area contributed by atoms with E-state index in [1.54, 1.807) is 0 Å². The van der Waals surface area contributed by atoms with Crippen LogP contribution in [0.3, 0.4) is 0 Å². The van der Waals surface area contributed by atoms with E-state index in [9.17, 15) is 0 Å². The molecule has 2 nitrogen and oxygen atoms in total. The summed E-state index contributed by atoms with van der Waals surface area (Å²) in [7, 11) is 0. The summed E-state index contributed by atoms with van der Waals surface area (Å²) in [5.74, 6) is 1.95. The monoisotopic (exact) mass is 264 g/mol. The zero-order chi connectivity index (χ0) is 14.3. The molecule has 1 rings (SSSR count). The average molecular weight is 264 g/mol. The Kier molecular flexibility index (Phi) is 6.20. The lowest BCUT2D eigenvalue weighted by molar-refractivity contribution is 0.300. The number of hydrogen-bond donors (Lipinski definition) is 0. The minimum atomic E-state index is 0.244. The molecule has 0 amide bonds. The van der Waals surface area contributed by atoms with Gasteiger partial charge in [-0.25, -0.2) is 0 Å². The van der Waals surface area contributed by atoms with Gasteiger partial charge in [0.1, 0.15) is 11.5 Å². The van der Waals surface area contributed by atoms with Gasteiger partial charge in [-0.3, -0.25) is 0 Å². The summed E-state index contributed by atoms with van der Waals surface area (Å²) in [6, 6.07) is 6.18. The van der Waals surface area contributed by atoms with E-state index in [-0.39, 0.29) is 5.41 Å². The first kappa shape index (κ1) is 15.9. The maximum absolute atomic E-state index is 5.84. The second-order valence-electron chi connectivity index (χ2n) is 6.20. The Morgan fingerprint density at radius 1 is 0.947 bits per heavy atom. The first-order valence-corrected chi connectivity index (χ1v) is 7.34. The van der Waals surface area contributed by atoms with Crippen molar-refractivity contribution in [3.63, 3.8) is 0 Å². The molecule has 0 heterocycles. The van der Waals surface area contributed by atoms with Crippen LogP contribution in [0.1, 0.15) is 53.0 Å². The number of hydrogen-bond acceptors (Lipinski definition) is 2. The zero-order valence-electron chi connectivity index (χ0n) is 13.1. The van der Waals surface area contributed by atoms with E-state index in [1.165, 1.54) is 5.56 Å². The van der Waals surface area contributed by atoms with Crippen molar-refractivity contribution in [3.8, 4) is 11.5 Å². The Morgan fingerprint density at radius 2 is 1.58 bits per heavy atom. The molecule has 1 aromatic carbocycles. The SMILES string of the molecule is CCCOc1ccc(OCCC)c(CC(C)(C)C)c1. The predicted octanol–water partition coefficient (Wildman–Crippen LogP) is 4.85. The fraction of sp³-hybridized carbons (Fsp3) is 0.647. The molecule has 0 aliphatic heterocycles. The summed E-state index contributed by atoms with van der Waals surface area (Å²) in [6.07, 6.45) is 3.06. The largest absolute Gasteiger partial charge is 0.494 e. The van der Waals surface area contributed by atoms with Gasteiger partial charge < -0.3 is 9.47 Å². The molecule has 108 valence electrons. The van der Waals surface area contributed by atoms with Crippen molar-refractivity contribution in [2.75, 3.05) is 13.2 Å². The Labute approximate surface area is 118 Å². The summed E-state index contributed by atoms with van der Waals surface area (Å²) in [6.45, 7) is 12.5. The second kappa shape index (κ2) is 7.42. The highest BCUT2D eigenvalue weighted by Gasteiger charge is 2.15. The quantitative estimate of drug-likeness (QED) is 0.700. The molecular weight excluding hydrogens is 236 g/mol. The van der Waals surface area contributed by atoms with Gasteiger partial charge in [0.25, 0.3) is 0 Å². The molecule has 0 fully saturated rings. The Bertz CT molecular complexity index is 377. The Morgan fingerprint density at radius 3 is 2.16 bits per heavy atom. The summed E-state index contributed by atoms with van der Waals surface area (Å²) < 4.78 is 11.6. The van der Waals surface area contributed by atoms with Crippen molar-refractivity contribution < 1.29 is 9.47 Å². The van der Waals surface area contributed by atoms with Crippen LogP contribution in [0.25, 0.3) is 0 Å². The minimum Gasteiger partial charge on any atom is -0.494 e. The third-order valence-electron chi connectivity index (χ3n) is 2.69.